The van der Waals surface area contributed by atoms with Crippen molar-refractivity contribution in [2.45, 2.75) is 51.2 Å². The average Bonchev–Trinajstić information content (AvgIpc) is 3.13. The van der Waals surface area contributed by atoms with Crippen molar-refractivity contribution < 1.29 is 28.6 Å². The van der Waals surface area contributed by atoms with Gasteiger partial charge in [0.2, 0.25) is 0 Å². The van der Waals surface area contributed by atoms with Gasteiger partial charge in [0.15, 0.2) is 0 Å². The van der Waals surface area contributed by atoms with Crippen LogP contribution < -0.4 is 0 Å². The summed E-state index contributed by atoms with van der Waals surface area (Å²) in [4.78, 5) is 39.1. The Labute approximate surface area is 206 Å². The van der Waals surface area contributed by atoms with Gasteiger partial charge in [-0.25, -0.2) is 9.59 Å². The normalized spacial score (nSPS) is 13.3. The lowest BCUT2D eigenvalue weighted by molar-refractivity contribution is -0.161. The molecule has 0 saturated carbocycles. The summed E-state index contributed by atoms with van der Waals surface area (Å²) in [6.45, 7) is 8.95. The minimum Gasteiger partial charge on any atom is -0.461 e. The van der Waals surface area contributed by atoms with Crippen LogP contribution in [0, 0.1) is 0 Å². The van der Waals surface area contributed by atoms with E-state index >= 15 is 0 Å². The third-order valence-corrected chi connectivity index (χ3v) is 5.75. The van der Waals surface area contributed by atoms with Gasteiger partial charge in [0, 0.05) is 19.4 Å². The van der Waals surface area contributed by atoms with Crippen molar-refractivity contribution >= 4 is 18.0 Å². The van der Waals surface area contributed by atoms with Crippen molar-refractivity contribution in [3.05, 3.63) is 72.3 Å². The molecule has 0 heterocycles. The third kappa shape index (κ3) is 6.50. The fourth-order valence-electron chi connectivity index (χ4n) is 4.14. The lowest BCUT2D eigenvalue weighted by atomic mass is 9.98. The molecular weight excluding hydrogens is 446 g/mol. The van der Waals surface area contributed by atoms with Crippen LogP contribution >= 0.6 is 0 Å². The zero-order valence-electron chi connectivity index (χ0n) is 20.8. The highest BCUT2D eigenvalue weighted by Gasteiger charge is 2.34. The van der Waals surface area contributed by atoms with Crippen LogP contribution in [0.15, 0.2) is 61.2 Å². The molecule has 0 aliphatic heterocycles. The van der Waals surface area contributed by atoms with Gasteiger partial charge in [-0.15, -0.1) is 0 Å². The Morgan fingerprint density at radius 1 is 1.00 bits per heavy atom. The van der Waals surface area contributed by atoms with Crippen LogP contribution in [-0.4, -0.2) is 54.8 Å². The van der Waals surface area contributed by atoms with Crippen LogP contribution in [0.5, 0.6) is 0 Å². The summed E-state index contributed by atoms with van der Waals surface area (Å²) in [7, 11) is 1.47. The number of likely N-dealkylation sites (N-methyl/N-ethyl adjacent to an activating group) is 1. The quantitative estimate of drug-likeness (QED) is 0.283. The number of carbonyl (C=O) groups excluding carboxylic acids is 3. The van der Waals surface area contributed by atoms with Gasteiger partial charge in [0.05, 0.1) is 0 Å². The largest absolute Gasteiger partial charge is 0.461 e. The number of benzene rings is 2. The minimum absolute atomic E-state index is 0.0472. The van der Waals surface area contributed by atoms with E-state index in [0.717, 1.165) is 22.3 Å². The van der Waals surface area contributed by atoms with E-state index in [4.69, 9.17) is 14.2 Å². The first-order valence-corrected chi connectivity index (χ1v) is 11.7. The number of hydrogen-bond acceptors (Lipinski definition) is 6. The van der Waals surface area contributed by atoms with E-state index in [1.165, 1.54) is 18.0 Å². The number of hydrogen-bond donors (Lipinski definition) is 0. The van der Waals surface area contributed by atoms with Gasteiger partial charge in [-0.1, -0.05) is 61.2 Å². The van der Waals surface area contributed by atoms with E-state index in [9.17, 15) is 14.4 Å². The SMILES string of the molecule is C=CCOC(=O)CCC(C(=O)OC(C)(C)C)N(C)C(=O)OCC1c2ccccc2-c2ccccc21. The molecule has 2 aromatic rings. The molecule has 0 fully saturated rings. The first-order valence-electron chi connectivity index (χ1n) is 11.7. The minimum atomic E-state index is -0.999. The van der Waals surface area contributed by atoms with Gasteiger partial charge in [-0.05, 0) is 49.4 Å². The molecule has 35 heavy (non-hydrogen) atoms. The molecule has 2 aromatic carbocycles. The van der Waals surface area contributed by atoms with E-state index in [1.54, 1.807) is 20.8 Å². The summed E-state index contributed by atoms with van der Waals surface area (Å²) in [6, 6.07) is 15.1. The molecule has 1 unspecified atom stereocenters. The van der Waals surface area contributed by atoms with Crippen molar-refractivity contribution in [3.8, 4) is 11.1 Å². The zero-order valence-corrected chi connectivity index (χ0v) is 20.8. The van der Waals surface area contributed by atoms with Gasteiger partial charge < -0.3 is 14.2 Å². The predicted octanol–water partition coefficient (Wildman–Crippen LogP) is 5.09. The summed E-state index contributed by atoms with van der Waals surface area (Å²) in [5.74, 6) is -1.20. The number of amides is 1. The fourth-order valence-corrected chi connectivity index (χ4v) is 4.14. The van der Waals surface area contributed by atoms with Gasteiger partial charge in [0.25, 0.3) is 0 Å². The molecule has 3 rings (SSSR count). The highest BCUT2D eigenvalue weighted by atomic mass is 16.6. The molecule has 0 spiro atoms. The molecular formula is C28H33NO6. The Morgan fingerprint density at radius 2 is 1.57 bits per heavy atom. The lowest BCUT2D eigenvalue weighted by Gasteiger charge is -2.29. The second-order valence-electron chi connectivity index (χ2n) is 9.47. The number of rotatable bonds is 9. The smallest absolute Gasteiger partial charge is 0.410 e. The van der Waals surface area contributed by atoms with E-state index in [1.807, 2.05) is 36.4 Å². The van der Waals surface area contributed by atoms with Crippen LogP contribution in [0.2, 0.25) is 0 Å². The van der Waals surface area contributed by atoms with Crippen molar-refractivity contribution in [3.63, 3.8) is 0 Å². The van der Waals surface area contributed by atoms with Crippen LogP contribution in [0.4, 0.5) is 4.79 Å². The van der Waals surface area contributed by atoms with E-state index in [2.05, 4.69) is 18.7 Å². The maximum atomic E-state index is 13.0. The number of ether oxygens (including phenoxy) is 3. The Kier molecular flexibility index (Phi) is 8.33. The molecule has 0 aromatic heterocycles. The van der Waals surface area contributed by atoms with Gasteiger partial charge in [0.1, 0.15) is 24.9 Å². The number of nitrogens with zero attached hydrogens (tertiary/aromatic N) is 1. The van der Waals surface area contributed by atoms with Gasteiger partial charge in [-0.3, -0.25) is 9.69 Å². The molecule has 0 bridgehead atoms. The lowest BCUT2D eigenvalue weighted by Crippen LogP contribution is -2.46. The number of fused-ring (bicyclic) bond motifs is 3. The standard InChI is InChI=1S/C28H33NO6/c1-6-17-33-25(30)16-15-24(26(31)35-28(2,3)4)29(5)27(32)34-18-23-21-13-9-7-11-19(21)20-12-8-10-14-22(20)23/h6-14,23-24H,1,15-18H2,2-5H3. The molecule has 7 heteroatoms. The van der Waals surface area contributed by atoms with E-state index in [-0.39, 0.29) is 32.0 Å². The molecule has 0 saturated heterocycles. The van der Waals surface area contributed by atoms with Crippen molar-refractivity contribution in [2.24, 2.45) is 0 Å². The summed E-state index contributed by atoms with van der Waals surface area (Å²) in [5.41, 5.74) is 3.70. The predicted molar refractivity (Wildman–Crippen MR) is 133 cm³/mol. The maximum absolute atomic E-state index is 13.0. The molecule has 1 amide bonds. The van der Waals surface area contributed by atoms with Crippen LogP contribution in [0.25, 0.3) is 11.1 Å². The Bertz CT molecular complexity index is 1040. The zero-order chi connectivity index (χ0) is 25.6. The Balaban J connectivity index is 1.71. The summed E-state index contributed by atoms with van der Waals surface area (Å²) >= 11 is 0. The van der Waals surface area contributed by atoms with Gasteiger partial charge in [-0.2, -0.15) is 0 Å². The fraction of sp³-hybridized carbons (Fsp3) is 0.393. The molecule has 1 atom stereocenters. The van der Waals surface area contributed by atoms with Crippen LogP contribution in [0.1, 0.15) is 50.7 Å². The second-order valence-corrected chi connectivity index (χ2v) is 9.47. The monoisotopic (exact) mass is 479 g/mol. The Hall–Kier alpha value is -3.61. The van der Waals surface area contributed by atoms with Crippen molar-refractivity contribution in [1.82, 2.24) is 4.90 Å². The van der Waals surface area contributed by atoms with E-state index < -0.39 is 29.7 Å². The average molecular weight is 480 g/mol. The highest BCUT2D eigenvalue weighted by molar-refractivity contribution is 5.83. The van der Waals surface area contributed by atoms with E-state index in [0.29, 0.717) is 0 Å². The second kappa shape index (κ2) is 11.2. The summed E-state index contributed by atoms with van der Waals surface area (Å²) in [6.07, 6.45) is 0.790. The summed E-state index contributed by atoms with van der Waals surface area (Å²) < 4.78 is 16.2. The molecule has 0 N–H and O–H groups in total. The Morgan fingerprint density at radius 3 is 2.11 bits per heavy atom. The third-order valence-electron chi connectivity index (χ3n) is 5.75. The highest BCUT2D eigenvalue weighted by Crippen LogP contribution is 2.44. The maximum Gasteiger partial charge on any atom is 0.410 e. The first-order chi connectivity index (χ1) is 16.6. The van der Waals surface area contributed by atoms with Crippen molar-refractivity contribution in [1.29, 1.82) is 0 Å². The molecule has 7 nitrogen and oxygen atoms in total. The molecule has 0 radical (unpaired) electrons. The summed E-state index contributed by atoms with van der Waals surface area (Å²) in [5, 5.41) is 0. The number of esters is 2. The van der Waals surface area contributed by atoms with Crippen LogP contribution in [-0.2, 0) is 23.8 Å². The van der Waals surface area contributed by atoms with Gasteiger partial charge >= 0.3 is 18.0 Å². The topological polar surface area (TPSA) is 82.1 Å². The first kappa shape index (κ1) is 26.0. The number of carbonyl (C=O) groups is 3. The van der Waals surface area contributed by atoms with Crippen LogP contribution in [0.3, 0.4) is 0 Å². The molecule has 186 valence electrons. The molecule has 1 aliphatic rings. The van der Waals surface area contributed by atoms with Crippen molar-refractivity contribution in [2.75, 3.05) is 20.3 Å². The molecule has 1 aliphatic carbocycles.